The molecule has 0 bridgehead atoms. The molecule has 1 aliphatic rings. The molecule has 0 aliphatic carbocycles. The number of hydrogen-bond donors (Lipinski definition) is 1. The molecule has 1 aliphatic heterocycles. The van der Waals surface area contributed by atoms with Crippen LogP contribution in [0.5, 0.6) is 0 Å². The standard InChI is InChI=1S/C13H17N5OS/c1-17-8-11(15-16-17)13(19)14-7-12(18-4-2-5-18)10-3-6-20-9-10/h3,6,8-9,12H,2,4-5,7H2,1H3,(H,14,19)/t12-/m1/s1. The van der Waals surface area contributed by atoms with Gasteiger partial charge in [0.15, 0.2) is 5.69 Å². The Kier molecular flexibility index (Phi) is 3.79. The number of rotatable bonds is 5. The van der Waals surface area contributed by atoms with Gasteiger partial charge in [0.25, 0.3) is 5.91 Å². The summed E-state index contributed by atoms with van der Waals surface area (Å²) in [5.74, 6) is -0.168. The molecule has 1 amide bonds. The Labute approximate surface area is 121 Å². The van der Waals surface area contributed by atoms with Crippen molar-refractivity contribution in [2.45, 2.75) is 12.5 Å². The van der Waals surface area contributed by atoms with Crippen LogP contribution >= 0.6 is 11.3 Å². The summed E-state index contributed by atoms with van der Waals surface area (Å²) in [6, 6.07) is 2.39. The first kappa shape index (κ1) is 13.3. The van der Waals surface area contributed by atoms with Crippen molar-refractivity contribution in [3.05, 3.63) is 34.3 Å². The smallest absolute Gasteiger partial charge is 0.273 e. The number of carbonyl (C=O) groups is 1. The molecule has 0 unspecified atom stereocenters. The minimum atomic E-state index is -0.168. The molecule has 3 rings (SSSR count). The zero-order chi connectivity index (χ0) is 13.9. The summed E-state index contributed by atoms with van der Waals surface area (Å²) in [7, 11) is 1.75. The fraction of sp³-hybridized carbons (Fsp3) is 0.462. The van der Waals surface area contributed by atoms with Gasteiger partial charge in [0.2, 0.25) is 0 Å². The van der Waals surface area contributed by atoms with Crippen LogP contribution in [0.3, 0.4) is 0 Å². The van der Waals surface area contributed by atoms with Gasteiger partial charge in [-0.05, 0) is 28.8 Å². The number of thiophene rings is 1. The lowest BCUT2D eigenvalue weighted by molar-refractivity contribution is 0.0881. The van der Waals surface area contributed by atoms with E-state index >= 15 is 0 Å². The Morgan fingerprint density at radius 1 is 1.55 bits per heavy atom. The molecule has 0 aromatic carbocycles. The van der Waals surface area contributed by atoms with Crippen molar-refractivity contribution in [1.29, 1.82) is 0 Å². The van der Waals surface area contributed by atoms with Gasteiger partial charge in [-0.2, -0.15) is 11.3 Å². The number of hydrogen-bond acceptors (Lipinski definition) is 5. The average Bonchev–Trinajstić information content (AvgIpc) is 3.02. The van der Waals surface area contributed by atoms with E-state index < -0.39 is 0 Å². The first-order chi connectivity index (χ1) is 9.74. The maximum absolute atomic E-state index is 12.0. The topological polar surface area (TPSA) is 63.1 Å². The minimum Gasteiger partial charge on any atom is -0.349 e. The van der Waals surface area contributed by atoms with Crippen LogP contribution in [-0.2, 0) is 7.05 Å². The summed E-state index contributed by atoms with van der Waals surface area (Å²) in [6.45, 7) is 2.80. The fourth-order valence-corrected chi connectivity index (χ4v) is 3.01. The summed E-state index contributed by atoms with van der Waals surface area (Å²) in [4.78, 5) is 14.4. The van der Waals surface area contributed by atoms with Gasteiger partial charge < -0.3 is 5.32 Å². The fourth-order valence-electron chi connectivity index (χ4n) is 2.31. The van der Waals surface area contributed by atoms with Crippen LogP contribution in [0.25, 0.3) is 0 Å². The van der Waals surface area contributed by atoms with Gasteiger partial charge in [0, 0.05) is 26.7 Å². The lowest BCUT2D eigenvalue weighted by atomic mass is 10.0. The predicted octanol–water partition coefficient (Wildman–Crippen LogP) is 1.05. The Morgan fingerprint density at radius 3 is 2.95 bits per heavy atom. The normalized spacial score (nSPS) is 16.6. The molecule has 0 spiro atoms. The van der Waals surface area contributed by atoms with E-state index in [9.17, 15) is 4.79 Å². The third-order valence-electron chi connectivity index (χ3n) is 3.55. The number of carbonyl (C=O) groups excluding carboxylic acids is 1. The Morgan fingerprint density at radius 2 is 2.40 bits per heavy atom. The number of nitrogens with zero attached hydrogens (tertiary/aromatic N) is 4. The van der Waals surface area contributed by atoms with Crippen LogP contribution in [0.1, 0.15) is 28.5 Å². The second-order valence-corrected chi connectivity index (χ2v) is 5.73. The highest BCUT2D eigenvalue weighted by molar-refractivity contribution is 7.07. The molecule has 7 heteroatoms. The molecular formula is C13H17N5OS. The summed E-state index contributed by atoms with van der Waals surface area (Å²) < 4.78 is 1.53. The summed E-state index contributed by atoms with van der Waals surface area (Å²) in [6.07, 6.45) is 2.86. The minimum absolute atomic E-state index is 0.168. The first-order valence-corrected chi connectivity index (χ1v) is 7.59. The van der Waals surface area contributed by atoms with E-state index in [-0.39, 0.29) is 11.9 Å². The van der Waals surface area contributed by atoms with Gasteiger partial charge in [-0.15, -0.1) is 5.10 Å². The van der Waals surface area contributed by atoms with Crippen molar-refractivity contribution < 1.29 is 4.79 Å². The van der Waals surface area contributed by atoms with E-state index in [1.54, 1.807) is 24.6 Å². The van der Waals surface area contributed by atoms with Crippen molar-refractivity contribution in [2.75, 3.05) is 19.6 Å². The molecule has 20 heavy (non-hydrogen) atoms. The Hall–Kier alpha value is -1.73. The third kappa shape index (κ3) is 2.73. The lowest BCUT2D eigenvalue weighted by Gasteiger charge is -2.38. The van der Waals surface area contributed by atoms with Crippen molar-refractivity contribution in [2.24, 2.45) is 7.05 Å². The van der Waals surface area contributed by atoms with Crippen LogP contribution < -0.4 is 5.32 Å². The Bertz CT molecular complexity index is 575. The van der Waals surface area contributed by atoms with Gasteiger partial charge >= 0.3 is 0 Å². The number of nitrogens with one attached hydrogen (secondary N) is 1. The van der Waals surface area contributed by atoms with Crippen molar-refractivity contribution in [3.8, 4) is 0 Å². The van der Waals surface area contributed by atoms with Crippen molar-refractivity contribution in [3.63, 3.8) is 0 Å². The van der Waals surface area contributed by atoms with Crippen LogP contribution in [-0.4, -0.2) is 45.4 Å². The van der Waals surface area contributed by atoms with Crippen molar-refractivity contribution >= 4 is 17.2 Å². The number of likely N-dealkylation sites (tertiary alicyclic amines) is 1. The second-order valence-electron chi connectivity index (χ2n) is 4.95. The van der Waals surface area contributed by atoms with E-state index in [1.807, 2.05) is 0 Å². The molecular weight excluding hydrogens is 274 g/mol. The molecule has 0 radical (unpaired) electrons. The summed E-state index contributed by atoms with van der Waals surface area (Å²) in [5, 5.41) is 14.8. The largest absolute Gasteiger partial charge is 0.349 e. The van der Waals surface area contributed by atoms with Crippen LogP contribution in [0.2, 0.25) is 0 Å². The van der Waals surface area contributed by atoms with E-state index in [1.165, 1.54) is 16.7 Å². The van der Waals surface area contributed by atoms with Crippen molar-refractivity contribution in [1.82, 2.24) is 25.2 Å². The van der Waals surface area contributed by atoms with E-state index in [0.717, 1.165) is 13.1 Å². The molecule has 2 aromatic heterocycles. The molecule has 3 heterocycles. The predicted molar refractivity (Wildman–Crippen MR) is 76.6 cm³/mol. The van der Waals surface area contributed by atoms with E-state index in [2.05, 4.69) is 37.4 Å². The highest BCUT2D eigenvalue weighted by Crippen LogP contribution is 2.26. The molecule has 1 saturated heterocycles. The molecule has 106 valence electrons. The van der Waals surface area contributed by atoms with Gasteiger partial charge in [0.05, 0.1) is 12.2 Å². The quantitative estimate of drug-likeness (QED) is 0.894. The number of amides is 1. The molecule has 6 nitrogen and oxygen atoms in total. The number of aromatic nitrogens is 3. The molecule has 1 fully saturated rings. The second kappa shape index (κ2) is 5.72. The SMILES string of the molecule is Cn1cc(C(=O)NC[C@H](c2ccsc2)N2CCC2)nn1. The highest BCUT2D eigenvalue weighted by atomic mass is 32.1. The van der Waals surface area contributed by atoms with Gasteiger partial charge in [0.1, 0.15) is 0 Å². The Balaban J connectivity index is 1.63. The molecule has 1 N–H and O–H groups in total. The summed E-state index contributed by atoms with van der Waals surface area (Å²) >= 11 is 1.69. The highest BCUT2D eigenvalue weighted by Gasteiger charge is 2.26. The molecule has 0 saturated carbocycles. The van der Waals surface area contributed by atoms with Crippen LogP contribution in [0, 0.1) is 0 Å². The molecule has 2 aromatic rings. The third-order valence-corrected chi connectivity index (χ3v) is 4.25. The van der Waals surface area contributed by atoms with Crippen LogP contribution in [0.4, 0.5) is 0 Å². The first-order valence-electron chi connectivity index (χ1n) is 6.65. The maximum atomic E-state index is 12.0. The monoisotopic (exact) mass is 291 g/mol. The maximum Gasteiger partial charge on any atom is 0.273 e. The molecule has 1 atom stereocenters. The zero-order valence-corrected chi connectivity index (χ0v) is 12.1. The van der Waals surface area contributed by atoms with Gasteiger partial charge in [-0.25, -0.2) is 0 Å². The van der Waals surface area contributed by atoms with E-state index in [0.29, 0.717) is 12.2 Å². The van der Waals surface area contributed by atoms with E-state index in [4.69, 9.17) is 0 Å². The average molecular weight is 291 g/mol. The van der Waals surface area contributed by atoms with Gasteiger partial charge in [-0.1, -0.05) is 5.21 Å². The number of aryl methyl sites for hydroxylation is 1. The lowest BCUT2D eigenvalue weighted by Crippen LogP contribution is -2.45. The summed E-state index contributed by atoms with van der Waals surface area (Å²) in [5.41, 5.74) is 1.63. The van der Waals surface area contributed by atoms with Gasteiger partial charge in [-0.3, -0.25) is 14.4 Å². The zero-order valence-electron chi connectivity index (χ0n) is 11.3. The van der Waals surface area contributed by atoms with Crippen LogP contribution in [0.15, 0.2) is 23.0 Å².